The van der Waals surface area contributed by atoms with Crippen molar-refractivity contribution in [1.29, 1.82) is 0 Å². The van der Waals surface area contributed by atoms with Crippen LogP contribution in [0.4, 0.5) is 0 Å². The molecule has 1 saturated heterocycles. The summed E-state index contributed by atoms with van der Waals surface area (Å²) in [6, 6.07) is 7.10. The maximum atomic E-state index is 3.61. The number of likely N-dealkylation sites (N-methyl/N-ethyl adjacent to an activating group) is 1. The van der Waals surface area contributed by atoms with E-state index in [1.807, 2.05) is 0 Å². The Morgan fingerprint density at radius 2 is 1.90 bits per heavy atom. The molecule has 1 aromatic carbocycles. The van der Waals surface area contributed by atoms with Gasteiger partial charge < -0.3 is 5.32 Å². The molecule has 2 rings (SSSR count). The van der Waals surface area contributed by atoms with E-state index in [1.165, 1.54) is 49.0 Å². The quantitative estimate of drug-likeness (QED) is 0.878. The van der Waals surface area contributed by atoms with Gasteiger partial charge >= 0.3 is 0 Å². The molecule has 0 aromatic heterocycles. The predicted octanol–water partition coefficient (Wildman–Crippen LogP) is 3.83. The van der Waals surface area contributed by atoms with Crippen LogP contribution in [0.5, 0.6) is 0 Å². The van der Waals surface area contributed by atoms with Crippen LogP contribution in [0.1, 0.15) is 55.8 Å². The SMILES string of the molecule is CCC(C)(C(NC)c1cccc(C)c1C)N1CCCC1. The van der Waals surface area contributed by atoms with Gasteiger partial charge in [0.25, 0.3) is 0 Å². The minimum absolute atomic E-state index is 0.198. The lowest BCUT2D eigenvalue weighted by atomic mass is 9.81. The van der Waals surface area contributed by atoms with Crippen molar-refractivity contribution in [1.82, 2.24) is 10.2 Å². The van der Waals surface area contributed by atoms with Gasteiger partial charge in [-0.3, -0.25) is 4.90 Å². The predicted molar refractivity (Wildman–Crippen MR) is 87.2 cm³/mol. The van der Waals surface area contributed by atoms with E-state index in [4.69, 9.17) is 0 Å². The molecule has 0 spiro atoms. The molecule has 2 heteroatoms. The van der Waals surface area contributed by atoms with E-state index in [-0.39, 0.29) is 5.54 Å². The molecule has 0 radical (unpaired) electrons. The van der Waals surface area contributed by atoms with Crippen molar-refractivity contribution in [3.05, 3.63) is 34.9 Å². The molecule has 0 bridgehead atoms. The maximum absolute atomic E-state index is 3.61. The highest BCUT2D eigenvalue weighted by molar-refractivity contribution is 5.37. The van der Waals surface area contributed by atoms with E-state index in [2.05, 4.69) is 63.2 Å². The second kappa shape index (κ2) is 6.28. The third-order valence-corrected chi connectivity index (χ3v) is 5.41. The molecule has 1 aromatic rings. The summed E-state index contributed by atoms with van der Waals surface area (Å²) < 4.78 is 0. The van der Waals surface area contributed by atoms with Crippen LogP contribution in [-0.4, -0.2) is 30.6 Å². The molecule has 1 N–H and O–H groups in total. The Bertz CT molecular complexity index is 449. The van der Waals surface area contributed by atoms with Gasteiger partial charge in [0, 0.05) is 5.54 Å². The van der Waals surface area contributed by atoms with Gasteiger partial charge in [-0.05, 0) is 76.9 Å². The first-order valence-electron chi connectivity index (χ1n) is 8.03. The first-order chi connectivity index (χ1) is 9.54. The summed E-state index contributed by atoms with van der Waals surface area (Å²) >= 11 is 0. The normalized spacial score (nSPS) is 20.9. The fourth-order valence-electron chi connectivity index (χ4n) is 3.73. The fourth-order valence-corrected chi connectivity index (χ4v) is 3.73. The van der Waals surface area contributed by atoms with Gasteiger partial charge in [-0.25, -0.2) is 0 Å². The van der Waals surface area contributed by atoms with E-state index in [9.17, 15) is 0 Å². The molecule has 2 nitrogen and oxygen atoms in total. The zero-order chi connectivity index (χ0) is 14.8. The molecule has 2 unspecified atom stereocenters. The Kier molecular flexibility index (Phi) is 4.87. The summed E-state index contributed by atoms with van der Waals surface area (Å²) in [5.41, 5.74) is 4.49. The summed E-state index contributed by atoms with van der Waals surface area (Å²) in [4.78, 5) is 2.69. The summed E-state index contributed by atoms with van der Waals surface area (Å²) in [5.74, 6) is 0. The average Bonchev–Trinajstić information content (AvgIpc) is 2.98. The minimum atomic E-state index is 0.198. The highest BCUT2D eigenvalue weighted by Gasteiger charge is 2.40. The van der Waals surface area contributed by atoms with Gasteiger partial charge in [-0.15, -0.1) is 0 Å². The number of nitrogens with zero attached hydrogens (tertiary/aromatic N) is 1. The molecule has 0 aliphatic carbocycles. The van der Waals surface area contributed by atoms with Crippen LogP contribution >= 0.6 is 0 Å². The van der Waals surface area contributed by atoms with Crippen molar-refractivity contribution in [2.75, 3.05) is 20.1 Å². The second-order valence-corrected chi connectivity index (χ2v) is 6.42. The van der Waals surface area contributed by atoms with Crippen LogP contribution in [0.3, 0.4) is 0 Å². The van der Waals surface area contributed by atoms with Gasteiger partial charge in [-0.1, -0.05) is 25.1 Å². The van der Waals surface area contributed by atoms with E-state index in [1.54, 1.807) is 0 Å². The van der Waals surface area contributed by atoms with E-state index >= 15 is 0 Å². The molecular weight excluding hydrogens is 244 g/mol. The number of hydrogen-bond acceptors (Lipinski definition) is 2. The summed E-state index contributed by atoms with van der Waals surface area (Å²) in [6.45, 7) is 11.7. The third-order valence-electron chi connectivity index (χ3n) is 5.41. The van der Waals surface area contributed by atoms with Crippen molar-refractivity contribution in [3.8, 4) is 0 Å². The van der Waals surface area contributed by atoms with Crippen molar-refractivity contribution in [3.63, 3.8) is 0 Å². The molecule has 1 heterocycles. The number of likely N-dealkylation sites (tertiary alicyclic amines) is 1. The Labute approximate surface area is 124 Å². The largest absolute Gasteiger partial charge is 0.311 e. The first-order valence-corrected chi connectivity index (χ1v) is 8.03. The smallest absolute Gasteiger partial charge is 0.0504 e. The average molecular weight is 274 g/mol. The minimum Gasteiger partial charge on any atom is -0.311 e. The molecule has 112 valence electrons. The Balaban J connectivity index is 2.40. The topological polar surface area (TPSA) is 15.3 Å². The van der Waals surface area contributed by atoms with Gasteiger partial charge in [0.1, 0.15) is 0 Å². The van der Waals surface area contributed by atoms with Gasteiger partial charge in [0.2, 0.25) is 0 Å². The molecule has 0 saturated carbocycles. The molecule has 2 atom stereocenters. The Morgan fingerprint density at radius 3 is 2.45 bits per heavy atom. The van der Waals surface area contributed by atoms with Crippen molar-refractivity contribution >= 4 is 0 Å². The first kappa shape index (κ1) is 15.5. The van der Waals surface area contributed by atoms with Crippen LogP contribution in [0, 0.1) is 13.8 Å². The van der Waals surface area contributed by atoms with Crippen LogP contribution in [0.25, 0.3) is 0 Å². The lowest BCUT2D eigenvalue weighted by Gasteiger charge is -2.45. The highest BCUT2D eigenvalue weighted by atomic mass is 15.2. The van der Waals surface area contributed by atoms with Crippen LogP contribution in [0.15, 0.2) is 18.2 Å². The Hall–Kier alpha value is -0.860. The second-order valence-electron chi connectivity index (χ2n) is 6.42. The zero-order valence-corrected chi connectivity index (χ0v) is 13.8. The molecule has 0 amide bonds. The molecule has 1 fully saturated rings. The van der Waals surface area contributed by atoms with Crippen molar-refractivity contribution < 1.29 is 0 Å². The fraction of sp³-hybridized carbons (Fsp3) is 0.667. The standard InChI is InChI=1S/C18H30N2/c1-6-18(4,20-12-7-8-13-20)17(19-5)16-11-9-10-14(2)15(16)3/h9-11,17,19H,6-8,12-13H2,1-5H3. The van der Waals surface area contributed by atoms with Crippen molar-refractivity contribution in [2.45, 2.75) is 58.5 Å². The lowest BCUT2D eigenvalue weighted by Crippen LogP contribution is -2.52. The number of aryl methyl sites for hydroxylation is 1. The summed E-state index contributed by atoms with van der Waals surface area (Å²) in [6.07, 6.45) is 3.86. The number of rotatable bonds is 5. The molecular formula is C18H30N2. The van der Waals surface area contributed by atoms with Crippen LogP contribution in [-0.2, 0) is 0 Å². The van der Waals surface area contributed by atoms with Crippen LogP contribution in [0.2, 0.25) is 0 Å². The van der Waals surface area contributed by atoms with Gasteiger partial charge in [0.15, 0.2) is 0 Å². The molecule has 1 aliphatic heterocycles. The van der Waals surface area contributed by atoms with Gasteiger partial charge in [0.05, 0.1) is 6.04 Å². The molecule has 1 aliphatic rings. The molecule has 20 heavy (non-hydrogen) atoms. The summed E-state index contributed by atoms with van der Waals surface area (Å²) in [5, 5.41) is 3.61. The van der Waals surface area contributed by atoms with E-state index in [0.29, 0.717) is 6.04 Å². The lowest BCUT2D eigenvalue weighted by molar-refractivity contribution is 0.0870. The Morgan fingerprint density at radius 1 is 1.25 bits per heavy atom. The summed E-state index contributed by atoms with van der Waals surface area (Å²) in [7, 11) is 2.11. The van der Waals surface area contributed by atoms with Gasteiger partial charge in [-0.2, -0.15) is 0 Å². The number of benzene rings is 1. The number of nitrogens with one attached hydrogen (secondary N) is 1. The third kappa shape index (κ3) is 2.64. The highest BCUT2D eigenvalue weighted by Crippen LogP contribution is 2.37. The van der Waals surface area contributed by atoms with E-state index < -0.39 is 0 Å². The monoisotopic (exact) mass is 274 g/mol. The van der Waals surface area contributed by atoms with E-state index in [0.717, 1.165) is 0 Å². The van der Waals surface area contributed by atoms with Crippen LogP contribution < -0.4 is 5.32 Å². The zero-order valence-electron chi connectivity index (χ0n) is 13.8. The number of hydrogen-bond donors (Lipinski definition) is 1. The van der Waals surface area contributed by atoms with Crippen molar-refractivity contribution in [2.24, 2.45) is 0 Å². The maximum Gasteiger partial charge on any atom is 0.0504 e.